The molecule has 4 nitrogen and oxygen atoms in total. The smallest absolute Gasteiger partial charge is 0.255 e. The second-order valence-electron chi connectivity index (χ2n) is 5.51. The predicted molar refractivity (Wildman–Crippen MR) is 79.1 cm³/mol. The number of carbonyl (C=O) groups is 1. The average molecular weight is 271 g/mol. The van der Waals surface area contributed by atoms with E-state index in [0.29, 0.717) is 23.1 Å². The summed E-state index contributed by atoms with van der Waals surface area (Å²) in [5.74, 6) is 6.25. The summed E-state index contributed by atoms with van der Waals surface area (Å²) in [5, 5.41) is 0. The number of nitrogens with zero attached hydrogens (tertiary/aromatic N) is 2. The van der Waals surface area contributed by atoms with Crippen LogP contribution in [-0.4, -0.2) is 34.9 Å². The Morgan fingerprint density at radius 3 is 2.90 bits per heavy atom. The van der Waals surface area contributed by atoms with Gasteiger partial charge in [0.1, 0.15) is 0 Å². The van der Waals surface area contributed by atoms with Gasteiger partial charge in [0.2, 0.25) is 0 Å². The van der Waals surface area contributed by atoms with Crippen LogP contribution in [0.3, 0.4) is 0 Å². The van der Waals surface area contributed by atoms with E-state index in [-0.39, 0.29) is 12.5 Å². The monoisotopic (exact) mass is 271 g/mol. The fraction of sp³-hybridized carbons (Fsp3) is 0.500. The molecule has 0 aliphatic heterocycles. The van der Waals surface area contributed by atoms with Gasteiger partial charge in [-0.2, -0.15) is 0 Å². The second kappa shape index (κ2) is 6.53. The molecule has 20 heavy (non-hydrogen) atoms. The average Bonchev–Trinajstić information content (AvgIpc) is 3.26. The van der Waals surface area contributed by atoms with Crippen molar-refractivity contribution in [3.05, 3.63) is 29.6 Å². The van der Waals surface area contributed by atoms with E-state index in [4.69, 9.17) is 5.73 Å². The molecule has 1 aromatic heterocycles. The summed E-state index contributed by atoms with van der Waals surface area (Å²) < 4.78 is 0. The van der Waals surface area contributed by atoms with Crippen LogP contribution in [0.1, 0.15) is 42.6 Å². The quantitative estimate of drug-likeness (QED) is 0.847. The Hall–Kier alpha value is -1.86. The van der Waals surface area contributed by atoms with Crippen LogP contribution in [0.15, 0.2) is 18.5 Å². The standard InChI is InChI=1S/C16H21N3O/c1-12(2)11-19(14-5-6-14)16(20)15-7-9-18-10-13(15)4-3-8-17/h7,9-10,12,14H,5-6,8,11,17H2,1-2H3. The first-order chi connectivity index (χ1) is 9.63. The zero-order valence-corrected chi connectivity index (χ0v) is 12.1. The molecular weight excluding hydrogens is 250 g/mol. The van der Waals surface area contributed by atoms with Gasteiger partial charge >= 0.3 is 0 Å². The first-order valence-corrected chi connectivity index (χ1v) is 7.07. The van der Waals surface area contributed by atoms with E-state index in [1.807, 2.05) is 4.90 Å². The van der Waals surface area contributed by atoms with Crippen LogP contribution in [0.25, 0.3) is 0 Å². The molecule has 1 heterocycles. The third-order valence-corrected chi connectivity index (χ3v) is 3.19. The first-order valence-electron chi connectivity index (χ1n) is 7.07. The van der Waals surface area contributed by atoms with E-state index < -0.39 is 0 Å². The number of amides is 1. The van der Waals surface area contributed by atoms with Gasteiger partial charge in [-0.3, -0.25) is 9.78 Å². The number of pyridine rings is 1. The second-order valence-corrected chi connectivity index (χ2v) is 5.51. The zero-order chi connectivity index (χ0) is 14.5. The van der Waals surface area contributed by atoms with Crippen molar-refractivity contribution >= 4 is 5.91 Å². The van der Waals surface area contributed by atoms with E-state index >= 15 is 0 Å². The van der Waals surface area contributed by atoms with Crippen molar-refractivity contribution in [1.29, 1.82) is 0 Å². The lowest BCUT2D eigenvalue weighted by molar-refractivity contribution is 0.0722. The van der Waals surface area contributed by atoms with Crippen molar-refractivity contribution in [2.24, 2.45) is 11.7 Å². The molecule has 1 aliphatic carbocycles. The molecule has 2 rings (SSSR count). The molecule has 4 heteroatoms. The minimum atomic E-state index is 0.0601. The summed E-state index contributed by atoms with van der Waals surface area (Å²) in [6.45, 7) is 5.32. The van der Waals surface area contributed by atoms with E-state index in [2.05, 4.69) is 30.7 Å². The maximum absolute atomic E-state index is 12.7. The van der Waals surface area contributed by atoms with Crippen LogP contribution >= 0.6 is 0 Å². The first kappa shape index (κ1) is 14.5. The molecule has 1 aliphatic rings. The lowest BCUT2D eigenvalue weighted by Crippen LogP contribution is -2.36. The summed E-state index contributed by atoms with van der Waals surface area (Å²) in [6.07, 6.45) is 5.48. The van der Waals surface area contributed by atoms with Gasteiger partial charge in [-0.1, -0.05) is 25.7 Å². The molecule has 0 atom stereocenters. The summed E-state index contributed by atoms with van der Waals surface area (Å²) in [5.41, 5.74) is 6.69. The van der Waals surface area contributed by atoms with Crippen molar-refractivity contribution in [1.82, 2.24) is 9.88 Å². The molecule has 0 bridgehead atoms. The minimum absolute atomic E-state index is 0.0601. The molecule has 0 aromatic carbocycles. The number of aromatic nitrogens is 1. The SMILES string of the molecule is CC(C)CN(C(=O)c1ccncc1C#CCN)C1CC1. The Morgan fingerprint density at radius 2 is 2.30 bits per heavy atom. The molecule has 1 saturated carbocycles. The predicted octanol–water partition coefficient (Wildman–Crippen LogP) is 1.65. The van der Waals surface area contributed by atoms with E-state index in [9.17, 15) is 4.79 Å². The number of rotatable bonds is 4. The van der Waals surface area contributed by atoms with Crippen molar-refractivity contribution < 1.29 is 4.79 Å². The van der Waals surface area contributed by atoms with Crippen LogP contribution in [0.2, 0.25) is 0 Å². The van der Waals surface area contributed by atoms with Gasteiger partial charge in [-0.15, -0.1) is 0 Å². The molecular formula is C16H21N3O. The Kier molecular flexibility index (Phi) is 4.75. The Bertz CT molecular complexity index is 538. The maximum atomic E-state index is 12.7. The van der Waals surface area contributed by atoms with Crippen LogP contribution in [0.4, 0.5) is 0 Å². The molecule has 0 radical (unpaired) electrons. The van der Waals surface area contributed by atoms with Crippen molar-refractivity contribution in [3.63, 3.8) is 0 Å². The zero-order valence-electron chi connectivity index (χ0n) is 12.1. The van der Waals surface area contributed by atoms with E-state index in [0.717, 1.165) is 19.4 Å². The molecule has 0 spiro atoms. The number of carbonyl (C=O) groups excluding carboxylic acids is 1. The molecule has 1 aromatic rings. The topological polar surface area (TPSA) is 59.2 Å². The Morgan fingerprint density at radius 1 is 1.55 bits per heavy atom. The lowest BCUT2D eigenvalue weighted by atomic mass is 10.1. The largest absolute Gasteiger partial charge is 0.335 e. The number of nitrogens with two attached hydrogens (primary N) is 1. The molecule has 1 amide bonds. The maximum Gasteiger partial charge on any atom is 0.255 e. The van der Waals surface area contributed by atoms with Crippen LogP contribution in [0, 0.1) is 17.8 Å². The van der Waals surface area contributed by atoms with Crippen LogP contribution < -0.4 is 5.73 Å². The highest BCUT2D eigenvalue weighted by molar-refractivity contribution is 5.97. The summed E-state index contributed by atoms with van der Waals surface area (Å²) in [6, 6.07) is 2.15. The lowest BCUT2D eigenvalue weighted by Gasteiger charge is -2.24. The van der Waals surface area contributed by atoms with Gasteiger partial charge in [0.25, 0.3) is 5.91 Å². The highest BCUT2D eigenvalue weighted by Gasteiger charge is 2.33. The summed E-state index contributed by atoms with van der Waals surface area (Å²) in [7, 11) is 0. The molecule has 0 unspecified atom stereocenters. The Balaban J connectivity index is 2.26. The fourth-order valence-electron chi connectivity index (χ4n) is 2.16. The van der Waals surface area contributed by atoms with Crippen molar-refractivity contribution in [3.8, 4) is 11.8 Å². The van der Waals surface area contributed by atoms with Crippen LogP contribution in [-0.2, 0) is 0 Å². The highest BCUT2D eigenvalue weighted by atomic mass is 16.2. The molecule has 0 saturated heterocycles. The number of hydrogen-bond donors (Lipinski definition) is 1. The van der Waals surface area contributed by atoms with Crippen molar-refractivity contribution in [2.75, 3.05) is 13.1 Å². The molecule has 1 fully saturated rings. The normalized spacial score (nSPS) is 13.8. The van der Waals surface area contributed by atoms with E-state index in [1.54, 1.807) is 18.5 Å². The third kappa shape index (κ3) is 3.58. The minimum Gasteiger partial charge on any atom is -0.335 e. The third-order valence-electron chi connectivity index (χ3n) is 3.19. The fourth-order valence-corrected chi connectivity index (χ4v) is 2.16. The van der Waals surface area contributed by atoms with Crippen molar-refractivity contribution in [2.45, 2.75) is 32.7 Å². The highest BCUT2D eigenvalue weighted by Crippen LogP contribution is 2.29. The molecule has 2 N–H and O–H groups in total. The van der Waals surface area contributed by atoms with Gasteiger partial charge in [0.15, 0.2) is 0 Å². The number of hydrogen-bond acceptors (Lipinski definition) is 3. The van der Waals surface area contributed by atoms with Gasteiger partial charge in [0.05, 0.1) is 17.7 Å². The van der Waals surface area contributed by atoms with Gasteiger partial charge in [0, 0.05) is 25.0 Å². The van der Waals surface area contributed by atoms with Crippen LogP contribution in [0.5, 0.6) is 0 Å². The van der Waals surface area contributed by atoms with E-state index in [1.165, 1.54) is 0 Å². The summed E-state index contributed by atoms with van der Waals surface area (Å²) in [4.78, 5) is 18.8. The molecule has 106 valence electrons. The van der Waals surface area contributed by atoms with Gasteiger partial charge in [-0.25, -0.2) is 0 Å². The van der Waals surface area contributed by atoms with Gasteiger partial charge in [-0.05, 0) is 24.8 Å². The Labute approximate surface area is 120 Å². The van der Waals surface area contributed by atoms with Gasteiger partial charge < -0.3 is 10.6 Å². The summed E-state index contributed by atoms with van der Waals surface area (Å²) >= 11 is 0.